The second-order valence-corrected chi connectivity index (χ2v) is 5.10. The van der Waals surface area contributed by atoms with Gasteiger partial charge in [0.15, 0.2) is 0 Å². The van der Waals surface area contributed by atoms with Crippen LogP contribution in [0.4, 0.5) is 5.69 Å². The first-order chi connectivity index (χ1) is 8.68. The van der Waals surface area contributed by atoms with Crippen LogP contribution in [0.1, 0.15) is 18.4 Å². The molecule has 1 aromatic carbocycles. The summed E-state index contributed by atoms with van der Waals surface area (Å²) in [6.45, 7) is 2.15. The van der Waals surface area contributed by atoms with E-state index in [1.54, 1.807) is 6.07 Å². The van der Waals surface area contributed by atoms with E-state index in [0.717, 1.165) is 25.0 Å². The van der Waals surface area contributed by atoms with E-state index in [-0.39, 0.29) is 10.6 Å². The molecular formula is C12H15BrN2O3. The first-order valence-corrected chi connectivity index (χ1v) is 6.70. The van der Waals surface area contributed by atoms with E-state index in [9.17, 15) is 10.1 Å². The lowest BCUT2D eigenvalue weighted by molar-refractivity contribution is -0.385. The summed E-state index contributed by atoms with van der Waals surface area (Å²) in [4.78, 5) is 10.4. The normalized spacial score (nSPS) is 19.7. The first-order valence-electron chi connectivity index (χ1n) is 5.91. The molecule has 5 nitrogen and oxygen atoms in total. The lowest BCUT2D eigenvalue weighted by Crippen LogP contribution is -2.36. The van der Waals surface area contributed by atoms with Gasteiger partial charge in [-0.3, -0.25) is 10.1 Å². The summed E-state index contributed by atoms with van der Waals surface area (Å²) in [5, 5.41) is 14.2. The number of hydrogen-bond donors (Lipinski definition) is 1. The van der Waals surface area contributed by atoms with Crippen LogP contribution in [0.2, 0.25) is 0 Å². The van der Waals surface area contributed by atoms with Crippen molar-refractivity contribution in [3.05, 3.63) is 38.3 Å². The Hall–Kier alpha value is -0.980. The molecule has 1 aromatic rings. The second kappa shape index (κ2) is 6.26. The molecule has 1 aliphatic heterocycles. The van der Waals surface area contributed by atoms with E-state index in [4.69, 9.17) is 4.74 Å². The number of nitrogens with one attached hydrogen (secondary N) is 1. The number of benzene rings is 1. The lowest BCUT2D eigenvalue weighted by Gasteiger charge is -2.23. The summed E-state index contributed by atoms with van der Waals surface area (Å²) >= 11 is 3.29. The molecule has 1 aliphatic rings. The molecule has 18 heavy (non-hydrogen) atoms. The largest absolute Gasteiger partial charge is 0.380 e. The molecule has 1 unspecified atom stereocenters. The fourth-order valence-corrected chi connectivity index (χ4v) is 2.55. The molecule has 0 aliphatic carbocycles. The highest BCUT2D eigenvalue weighted by Crippen LogP contribution is 2.28. The third-order valence-electron chi connectivity index (χ3n) is 3.00. The van der Waals surface area contributed by atoms with Crippen LogP contribution >= 0.6 is 15.9 Å². The second-order valence-electron chi connectivity index (χ2n) is 4.30. The maximum atomic E-state index is 10.8. The topological polar surface area (TPSA) is 64.4 Å². The highest BCUT2D eigenvalue weighted by molar-refractivity contribution is 9.10. The quantitative estimate of drug-likeness (QED) is 0.685. The van der Waals surface area contributed by atoms with Crippen LogP contribution in [-0.2, 0) is 11.3 Å². The fraction of sp³-hybridized carbons (Fsp3) is 0.500. The zero-order chi connectivity index (χ0) is 13.0. The van der Waals surface area contributed by atoms with Crippen LogP contribution in [0.5, 0.6) is 0 Å². The van der Waals surface area contributed by atoms with Gasteiger partial charge in [0.25, 0.3) is 5.69 Å². The molecule has 0 amide bonds. The van der Waals surface area contributed by atoms with Crippen LogP contribution < -0.4 is 5.32 Å². The lowest BCUT2D eigenvalue weighted by atomic mass is 10.1. The first kappa shape index (κ1) is 13.5. The third-order valence-corrected chi connectivity index (χ3v) is 3.91. The highest BCUT2D eigenvalue weighted by atomic mass is 79.9. The minimum atomic E-state index is -0.378. The van der Waals surface area contributed by atoms with Gasteiger partial charge in [-0.15, -0.1) is 0 Å². The predicted octanol–water partition coefficient (Wildman–Crippen LogP) is 2.63. The molecule has 0 aromatic heterocycles. The van der Waals surface area contributed by atoms with E-state index in [1.165, 1.54) is 6.07 Å². The smallest absolute Gasteiger partial charge is 0.283 e. The summed E-state index contributed by atoms with van der Waals surface area (Å²) in [6, 6.07) is 5.42. The molecule has 1 fully saturated rings. The SMILES string of the molecule is O=[N+]([O-])c1cccc(CNC2CCCOC2)c1Br. The molecule has 0 radical (unpaired) electrons. The number of halogens is 1. The van der Waals surface area contributed by atoms with E-state index < -0.39 is 0 Å². The fourth-order valence-electron chi connectivity index (χ4n) is 2.00. The zero-order valence-corrected chi connectivity index (χ0v) is 11.5. The summed E-state index contributed by atoms with van der Waals surface area (Å²) in [6.07, 6.45) is 2.15. The summed E-state index contributed by atoms with van der Waals surface area (Å²) in [7, 11) is 0. The Labute approximate surface area is 114 Å². The van der Waals surface area contributed by atoms with Crippen molar-refractivity contribution in [2.24, 2.45) is 0 Å². The molecule has 6 heteroatoms. The van der Waals surface area contributed by atoms with Crippen molar-refractivity contribution in [2.45, 2.75) is 25.4 Å². The number of rotatable bonds is 4. The monoisotopic (exact) mass is 314 g/mol. The van der Waals surface area contributed by atoms with Gasteiger partial charge in [0.2, 0.25) is 0 Å². The van der Waals surface area contributed by atoms with Gasteiger partial charge in [-0.05, 0) is 34.3 Å². The van der Waals surface area contributed by atoms with Crippen molar-refractivity contribution >= 4 is 21.6 Å². The van der Waals surface area contributed by atoms with Gasteiger partial charge in [0, 0.05) is 25.3 Å². The maximum absolute atomic E-state index is 10.8. The molecule has 1 saturated heterocycles. The molecule has 0 spiro atoms. The Balaban J connectivity index is 2.00. The minimum Gasteiger partial charge on any atom is -0.380 e. The third kappa shape index (κ3) is 3.28. The Kier molecular flexibility index (Phi) is 4.68. The number of nitrogens with zero attached hydrogens (tertiary/aromatic N) is 1. The average molecular weight is 315 g/mol. The number of nitro groups is 1. The van der Waals surface area contributed by atoms with Crippen LogP contribution in [0.25, 0.3) is 0 Å². The van der Waals surface area contributed by atoms with Crippen molar-refractivity contribution in [1.29, 1.82) is 0 Å². The van der Waals surface area contributed by atoms with E-state index in [0.29, 0.717) is 23.7 Å². The Morgan fingerprint density at radius 1 is 1.56 bits per heavy atom. The molecule has 1 N–H and O–H groups in total. The van der Waals surface area contributed by atoms with Gasteiger partial charge in [-0.1, -0.05) is 12.1 Å². The van der Waals surface area contributed by atoms with Crippen molar-refractivity contribution in [1.82, 2.24) is 5.32 Å². The van der Waals surface area contributed by atoms with E-state index in [2.05, 4.69) is 21.2 Å². The Morgan fingerprint density at radius 2 is 2.39 bits per heavy atom. The highest BCUT2D eigenvalue weighted by Gasteiger charge is 2.17. The zero-order valence-electron chi connectivity index (χ0n) is 9.89. The van der Waals surface area contributed by atoms with E-state index in [1.807, 2.05) is 6.07 Å². The standard InChI is InChI=1S/C12H15BrN2O3/c13-12-9(3-1-5-11(12)15(16)17)7-14-10-4-2-6-18-8-10/h1,3,5,10,14H,2,4,6-8H2. The Morgan fingerprint density at radius 3 is 3.06 bits per heavy atom. The molecular weight excluding hydrogens is 300 g/mol. The number of nitro benzene ring substituents is 1. The van der Waals surface area contributed by atoms with Gasteiger partial charge >= 0.3 is 0 Å². The molecule has 0 saturated carbocycles. The van der Waals surface area contributed by atoms with Crippen LogP contribution in [0.15, 0.2) is 22.7 Å². The van der Waals surface area contributed by atoms with E-state index >= 15 is 0 Å². The van der Waals surface area contributed by atoms with Crippen molar-refractivity contribution in [2.75, 3.05) is 13.2 Å². The molecule has 0 bridgehead atoms. The van der Waals surface area contributed by atoms with Crippen molar-refractivity contribution in [3.63, 3.8) is 0 Å². The van der Waals surface area contributed by atoms with Gasteiger partial charge in [0.05, 0.1) is 16.0 Å². The maximum Gasteiger partial charge on any atom is 0.283 e. The summed E-state index contributed by atoms with van der Waals surface area (Å²) < 4.78 is 5.94. The van der Waals surface area contributed by atoms with Gasteiger partial charge < -0.3 is 10.1 Å². The average Bonchev–Trinajstić information content (AvgIpc) is 2.38. The Bertz CT molecular complexity index is 433. The summed E-state index contributed by atoms with van der Waals surface area (Å²) in [5.74, 6) is 0. The van der Waals surface area contributed by atoms with Crippen molar-refractivity contribution < 1.29 is 9.66 Å². The summed E-state index contributed by atoms with van der Waals surface area (Å²) in [5.41, 5.74) is 1.00. The number of ether oxygens (including phenoxy) is 1. The predicted molar refractivity (Wildman–Crippen MR) is 71.5 cm³/mol. The molecule has 2 rings (SSSR count). The van der Waals surface area contributed by atoms with Crippen LogP contribution in [0, 0.1) is 10.1 Å². The van der Waals surface area contributed by atoms with Crippen LogP contribution in [-0.4, -0.2) is 24.2 Å². The molecule has 98 valence electrons. The molecule has 1 heterocycles. The number of hydrogen-bond acceptors (Lipinski definition) is 4. The van der Waals surface area contributed by atoms with Gasteiger partial charge in [-0.2, -0.15) is 0 Å². The van der Waals surface area contributed by atoms with Crippen LogP contribution in [0.3, 0.4) is 0 Å². The van der Waals surface area contributed by atoms with Gasteiger partial charge in [-0.25, -0.2) is 0 Å². The van der Waals surface area contributed by atoms with Gasteiger partial charge in [0.1, 0.15) is 0 Å². The van der Waals surface area contributed by atoms with Crippen molar-refractivity contribution in [3.8, 4) is 0 Å². The minimum absolute atomic E-state index is 0.106. The molecule has 1 atom stereocenters.